The van der Waals surface area contributed by atoms with Crippen molar-refractivity contribution in [1.82, 2.24) is 5.32 Å². The molecule has 0 spiro atoms. The number of nitrogens with zero attached hydrogens (tertiary/aromatic N) is 1. The van der Waals surface area contributed by atoms with E-state index in [1.165, 1.54) is 6.07 Å². The number of nitro benzene ring substituents is 1. The van der Waals surface area contributed by atoms with E-state index in [1.54, 1.807) is 18.2 Å². The maximum atomic E-state index is 12.0. The number of hydrogen-bond donors (Lipinski definition) is 2. The van der Waals surface area contributed by atoms with E-state index in [2.05, 4.69) is 5.32 Å². The Labute approximate surface area is 117 Å². The fraction of sp³-hybridized carbons (Fsp3) is 0.500. The lowest BCUT2D eigenvalue weighted by molar-refractivity contribution is -0.385. The molecule has 1 unspecified atom stereocenters. The highest BCUT2D eigenvalue weighted by Crippen LogP contribution is 2.34. The van der Waals surface area contributed by atoms with Crippen molar-refractivity contribution >= 4 is 11.6 Å². The van der Waals surface area contributed by atoms with Crippen LogP contribution in [0.15, 0.2) is 24.3 Å². The van der Waals surface area contributed by atoms with Crippen LogP contribution in [0, 0.1) is 16.0 Å². The molecule has 6 nitrogen and oxygen atoms in total. The molecule has 1 amide bonds. The van der Waals surface area contributed by atoms with Crippen molar-refractivity contribution in [2.45, 2.75) is 31.7 Å². The van der Waals surface area contributed by atoms with Gasteiger partial charge in [-0.15, -0.1) is 0 Å². The molecular formula is C14H18N2O4. The Morgan fingerprint density at radius 2 is 2.15 bits per heavy atom. The molecule has 1 aromatic rings. The van der Waals surface area contributed by atoms with Crippen molar-refractivity contribution in [3.8, 4) is 0 Å². The summed E-state index contributed by atoms with van der Waals surface area (Å²) in [5, 5.41) is 22.8. The Hall–Kier alpha value is -1.95. The number of hydrogen-bond acceptors (Lipinski definition) is 4. The molecule has 0 aromatic heterocycles. The molecule has 1 aliphatic carbocycles. The van der Waals surface area contributed by atoms with Gasteiger partial charge < -0.3 is 10.4 Å². The number of carbonyl (C=O) groups excluding carboxylic acids is 1. The van der Waals surface area contributed by atoms with Gasteiger partial charge >= 0.3 is 0 Å². The van der Waals surface area contributed by atoms with E-state index in [4.69, 9.17) is 5.11 Å². The minimum absolute atomic E-state index is 0.00813. The third kappa shape index (κ3) is 3.77. The second kappa shape index (κ2) is 6.47. The average Bonchev–Trinajstić information content (AvgIpc) is 3.23. The van der Waals surface area contributed by atoms with E-state index in [9.17, 15) is 14.9 Å². The standard InChI is InChI=1S/C14H18N2O4/c17-8-7-12(10-5-6-10)15-14(18)9-11-3-1-2-4-13(11)16(19)20/h1-4,10,12,17H,5-9H2,(H,15,18). The van der Waals surface area contributed by atoms with Crippen LogP contribution in [0.5, 0.6) is 0 Å². The minimum Gasteiger partial charge on any atom is -0.396 e. The lowest BCUT2D eigenvalue weighted by Crippen LogP contribution is -2.38. The number of carbonyl (C=O) groups is 1. The summed E-state index contributed by atoms with van der Waals surface area (Å²) in [6.45, 7) is 0.0347. The van der Waals surface area contributed by atoms with Gasteiger partial charge in [0, 0.05) is 24.3 Å². The van der Waals surface area contributed by atoms with Gasteiger partial charge in [-0.1, -0.05) is 18.2 Å². The van der Waals surface area contributed by atoms with Crippen LogP contribution in [0.1, 0.15) is 24.8 Å². The van der Waals surface area contributed by atoms with Crippen LogP contribution in [0.3, 0.4) is 0 Å². The fourth-order valence-electron chi connectivity index (χ4n) is 2.33. The Morgan fingerprint density at radius 1 is 1.45 bits per heavy atom. The smallest absolute Gasteiger partial charge is 0.273 e. The molecule has 1 saturated carbocycles. The van der Waals surface area contributed by atoms with Crippen LogP contribution < -0.4 is 5.32 Å². The summed E-state index contributed by atoms with van der Waals surface area (Å²) < 4.78 is 0. The molecule has 20 heavy (non-hydrogen) atoms. The Kier molecular flexibility index (Phi) is 4.68. The quantitative estimate of drug-likeness (QED) is 0.582. The van der Waals surface area contributed by atoms with Crippen LogP contribution in [-0.2, 0) is 11.2 Å². The second-order valence-electron chi connectivity index (χ2n) is 5.09. The molecule has 0 bridgehead atoms. The average molecular weight is 278 g/mol. The Balaban J connectivity index is 1.98. The van der Waals surface area contributed by atoms with Gasteiger partial charge in [-0.2, -0.15) is 0 Å². The number of aliphatic hydroxyl groups excluding tert-OH is 1. The lowest BCUT2D eigenvalue weighted by atomic mass is 10.1. The first-order chi connectivity index (χ1) is 9.61. The monoisotopic (exact) mass is 278 g/mol. The van der Waals surface area contributed by atoms with Crippen LogP contribution in [0.2, 0.25) is 0 Å². The van der Waals surface area contributed by atoms with Gasteiger partial charge in [0.15, 0.2) is 0 Å². The van der Waals surface area contributed by atoms with Gasteiger partial charge in [0.2, 0.25) is 5.91 Å². The summed E-state index contributed by atoms with van der Waals surface area (Å²) in [5.41, 5.74) is 0.376. The molecule has 108 valence electrons. The Morgan fingerprint density at radius 3 is 2.75 bits per heavy atom. The van der Waals surface area contributed by atoms with E-state index in [0.29, 0.717) is 17.9 Å². The van der Waals surface area contributed by atoms with Crippen molar-refractivity contribution in [2.24, 2.45) is 5.92 Å². The van der Waals surface area contributed by atoms with Gasteiger partial charge in [0.05, 0.1) is 11.3 Å². The van der Waals surface area contributed by atoms with Crippen LogP contribution in [-0.4, -0.2) is 28.6 Å². The van der Waals surface area contributed by atoms with Gasteiger partial charge in [-0.3, -0.25) is 14.9 Å². The number of nitro groups is 1. The van der Waals surface area contributed by atoms with Crippen molar-refractivity contribution in [3.63, 3.8) is 0 Å². The number of benzene rings is 1. The molecule has 0 saturated heterocycles. The van der Waals surface area contributed by atoms with E-state index in [-0.39, 0.29) is 30.7 Å². The van der Waals surface area contributed by atoms with Gasteiger partial charge in [0.25, 0.3) is 5.69 Å². The third-order valence-electron chi connectivity index (χ3n) is 3.52. The van der Waals surface area contributed by atoms with E-state index >= 15 is 0 Å². The zero-order valence-electron chi connectivity index (χ0n) is 11.1. The Bertz CT molecular complexity index is 500. The molecule has 0 radical (unpaired) electrons. The zero-order chi connectivity index (χ0) is 14.5. The molecular weight excluding hydrogens is 260 g/mol. The van der Waals surface area contributed by atoms with Gasteiger partial charge in [-0.25, -0.2) is 0 Å². The molecule has 0 heterocycles. The number of rotatable bonds is 7. The normalized spacial score (nSPS) is 15.7. The summed E-state index contributed by atoms with van der Waals surface area (Å²) in [6, 6.07) is 6.24. The molecule has 2 rings (SSSR count). The predicted octanol–water partition coefficient (Wildman–Crippen LogP) is 1.41. The van der Waals surface area contributed by atoms with Crippen molar-refractivity contribution < 1.29 is 14.8 Å². The first-order valence-corrected chi connectivity index (χ1v) is 6.74. The first-order valence-electron chi connectivity index (χ1n) is 6.74. The third-order valence-corrected chi connectivity index (χ3v) is 3.52. The maximum Gasteiger partial charge on any atom is 0.273 e. The second-order valence-corrected chi connectivity index (χ2v) is 5.09. The number of aliphatic hydroxyl groups is 1. The van der Waals surface area contributed by atoms with Crippen molar-refractivity contribution in [1.29, 1.82) is 0 Å². The van der Waals surface area contributed by atoms with Crippen LogP contribution in [0.25, 0.3) is 0 Å². The van der Waals surface area contributed by atoms with E-state index in [0.717, 1.165) is 12.8 Å². The largest absolute Gasteiger partial charge is 0.396 e. The van der Waals surface area contributed by atoms with Crippen molar-refractivity contribution in [2.75, 3.05) is 6.61 Å². The highest BCUT2D eigenvalue weighted by atomic mass is 16.6. The molecule has 2 N–H and O–H groups in total. The zero-order valence-corrected chi connectivity index (χ0v) is 11.1. The number of para-hydroxylation sites is 1. The summed E-state index contributed by atoms with van der Waals surface area (Å²) >= 11 is 0. The van der Waals surface area contributed by atoms with Crippen LogP contribution >= 0.6 is 0 Å². The summed E-state index contributed by atoms with van der Waals surface area (Å²) in [6.07, 6.45) is 2.66. The molecule has 1 fully saturated rings. The molecule has 1 aliphatic rings. The van der Waals surface area contributed by atoms with Crippen LogP contribution in [0.4, 0.5) is 5.69 Å². The number of amides is 1. The van der Waals surface area contributed by atoms with Crippen molar-refractivity contribution in [3.05, 3.63) is 39.9 Å². The summed E-state index contributed by atoms with van der Waals surface area (Å²) in [5.74, 6) is 0.210. The molecule has 0 aliphatic heterocycles. The van der Waals surface area contributed by atoms with E-state index in [1.807, 2.05) is 0 Å². The topological polar surface area (TPSA) is 92.5 Å². The van der Waals surface area contributed by atoms with Gasteiger partial charge in [-0.05, 0) is 25.2 Å². The molecule has 1 aromatic carbocycles. The summed E-state index contributed by atoms with van der Waals surface area (Å²) in [4.78, 5) is 22.4. The lowest BCUT2D eigenvalue weighted by Gasteiger charge is -2.17. The highest BCUT2D eigenvalue weighted by Gasteiger charge is 2.32. The summed E-state index contributed by atoms with van der Waals surface area (Å²) in [7, 11) is 0. The predicted molar refractivity (Wildman–Crippen MR) is 73.2 cm³/mol. The highest BCUT2D eigenvalue weighted by molar-refractivity contribution is 5.80. The fourth-order valence-corrected chi connectivity index (χ4v) is 2.33. The molecule has 6 heteroatoms. The van der Waals surface area contributed by atoms with E-state index < -0.39 is 4.92 Å². The van der Waals surface area contributed by atoms with Gasteiger partial charge in [0.1, 0.15) is 0 Å². The maximum absolute atomic E-state index is 12.0. The number of nitrogens with one attached hydrogen (secondary N) is 1. The minimum atomic E-state index is -0.477. The molecule has 1 atom stereocenters. The first kappa shape index (κ1) is 14.5. The SMILES string of the molecule is O=C(Cc1ccccc1[N+](=O)[O-])NC(CCO)C1CC1.